The second-order valence-corrected chi connectivity index (χ2v) is 10.6. The molecular weight excluding hydrogens is 536 g/mol. The van der Waals surface area contributed by atoms with Gasteiger partial charge in [0, 0.05) is 87.9 Å². The van der Waals surface area contributed by atoms with Gasteiger partial charge in [0.1, 0.15) is 11.5 Å². The number of ether oxygens (including phenoxy) is 1. The van der Waals surface area contributed by atoms with Crippen molar-refractivity contribution >= 4 is 5.69 Å². The van der Waals surface area contributed by atoms with Crippen LogP contribution in [0.5, 0.6) is 0 Å². The van der Waals surface area contributed by atoms with Gasteiger partial charge in [-0.15, -0.1) is 0 Å². The largest absolute Gasteiger partial charge is 0.383 e. The number of nitrogens with zero attached hydrogens (tertiary/aromatic N) is 8. The normalized spacial score (nSPS) is 13.6. The third-order valence-corrected chi connectivity index (χ3v) is 7.80. The molecule has 1 aliphatic heterocycles. The first-order valence-electron chi connectivity index (χ1n) is 14.5. The van der Waals surface area contributed by atoms with Crippen LogP contribution in [0.3, 0.4) is 0 Å². The Morgan fingerprint density at radius 2 is 1.77 bits per heavy atom. The third-order valence-electron chi connectivity index (χ3n) is 7.80. The minimum Gasteiger partial charge on any atom is -0.383 e. The van der Waals surface area contributed by atoms with Crippen LogP contribution in [0.4, 0.5) is 5.69 Å². The van der Waals surface area contributed by atoms with Gasteiger partial charge in [-0.2, -0.15) is 10.4 Å². The minimum atomic E-state index is 0.476. The van der Waals surface area contributed by atoms with Gasteiger partial charge < -0.3 is 9.64 Å². The molecule has 0 unspecified atom stereocenters. The first kappa shape index (κ1) is 28.2. The van der Waals surface area contributed by atoms with Crippen LogP contribution in [-0.2, 0) is 17.7 Å². The minimum absolute atomic E-state index is 0.476. The second kappa shape index (κ2) is 13.4. The Balaban J connectivity index is 1.21. The quantitative estimate of drug-likeness (QED) is 0.239. The number of anilines is 1. The maximum Gasteiger partial charge on any atom is 0.133 e. The van der Waals surface area contributed by atoms with Gasteiger partial charge in [0.05, 0.1) is 30.5 Å². The van der Waals surface area contributed by atoms with Crippen LogP contribution in [0.25, 0.3) is 22.5 Å². The average molecular weight is 571 g/mol. The molecule has 2 aromatic carbocycles. The Morgan fingerprint density at radius 1 is 0.930 bits per heavy atom. The summed E-state index contributed by atoms with van der Waals surface area (Å²) in [5, 5.41) is 14.5. The second-order valence-electron chi connectivity index (χ2n) is 10.6. The Kier molecular flexibility index (Phi) is 8.78. The van der Waals surface area contributed by atoms with Gasteiger partial charge in [0.15, 0.2) is 0 Å². The summed E-state index contributed by atoms with van der Waals surface area (Å²) in [6, 6.07) is 24.5. The van der Waals surface area contributed by atoms with Gasteiger partial charge >= 0.3 is 0 Å². The van der Waals surface area contributed by atoms with Gasteiger partial charge in [0.2, 0.25) is 0 Å². The molecule has 0 N–H and O–H groups in total. The van der Waals surface area contributed by atoms with E-state index in [4.69, 9.17) is 14.8 Å². The van der Waals surface area contributed by atoms with Crippen LogP contribution in [0.1, 0.15) is 22.5 Å². The predicted octanol–water partition coefficient (Wildman–Crippen LogP) is 4.68. The van der Waals surface area contributed by atoms with E-state index in [2.05, 4.69) is 50.1 Å². The molecule has 1 saturated heterocycles. The number of aromatic nitrogens is 5. The molecule has 0 radical (unpaired) electrons. The zero-order chi connectivity index (χ0) is 29.4. The fraction of sp³-hybridized carbons (Fsp3) is 0.265. The van der Waals surface area contributed by atoms with Crippen molar-refractivity contribution in [2.75, 3.05) is 51.3 Å². The van der Waals surface area contributed by atoms with Crippen molar-refractivity contribution in [3.63, 3.8) is 0 Å². The van der Waals surface area contributed by atoms with Crippen molar-refractivity contribution in [1.82, 2.24) is 29.6 Å². The monoisotopic (exact) mass is 570 g/mol. The molecule has 9 heteroatoms. The highest BCUT2D eigenvalue weighted by Gasteiger charge is 2.18. The third kappa shape index (κ3) is 6.78. The van der Waals surface area contributed by atoms with Crippen LogP contribution in [0, 0.1) is 11.3 Å². The van der Waals surface area contributed by atoms with Crippen molar-refractivity contribution in [1.29, 1.82) is 5.26 Å². The van der Waals surface area contributed by atoms with Crippen LogP contribution in [0.2, 0.25) is 0 Å². The van der Waals surface area contributed by atoms with E-state index in [1.807, 2.05) is 65.7 Å². The van der Waals surface area contributed by atoms with Crippen LogP contribution in [-0.4, -0.2) is 76.1 Å². The van der Waals surface area contributed by atoms with E-state index in [0.29, 0.717) is 18.5 Å². The molecule has 0 amide bonds. The van der Waals surface area contributed by atoms with Crippen molar-refractivity contribution in [3.05, 3.63) is 114 Å². The first-order chi connectivity index (χ1) is 21.2. The lowest BCUT2D eigenvalue weighted by Gasteiger charge is -2.36. The molecule has 1 fully saturated rings. The van der Waals surface area contributed by atoms with Crippen LogP contribution in [0.15, 0.2) is 91.5 Å². The number of nitriles is 1. The Labute approximate surface area is 252 Å². The zero-order valence-corrected chi connectivity index (χ0v) is 24.3. The van der Waals surface area contributed by atoms with Gasteiger partial charge in [-0.25, -0.2) is 9.97 Å². The summed E-state index contributed by atoms with van der Waals surface area (Å²) in [6.45, 7) is 6.38. The molecule has 3 aromatic heterocycles. The lowest BCUT2D eigenvalue weighted by Crippen LogP contribution is -2.47. The lowest BCUT2D eigenvalue weighted by atomic mass is 10.1. The highest BCUT2D eigenvalue weighted by atomic mass is 16.5. The van der Waals surface area contributed by atoms with E-state index in [9.17, 15) is 5.26 Å². The van der Waals surface area contributed by atoms with E-state index >= 15 is 0 Å². The van der Waals surface area contributed by atoms with E-state index in [0.717, 1.165) is 78.8 Å². The number of rotatable bonds is 10. The molecule has 4 heterocycles. The predicted molar refractivity (Wildman–Crippen MR) is 167 cm³/mol. The molecule has 0 aliphatic carbocycles. The van der Waals surface area contributed by atoms with E-state index in [1.54, 1.807) is 13.3 Å². The molecule has 5 aromatic rings. The zero-order valence-electron chi connectivity index (χ0n) is 24.3. The van der Waals surface area contributed by atoms with Crippen molar-refractivity contribution in [2.45, 2.75) is 13.0 Å². The lowest BCUT2D eigenvalue weighted by molar-refractivity contribution is 0.144. The number of piperazine rings is 1. The molecule has 1 aliphatic rings. The van der Waals surface area contributed by atoms with E-state index < -0.39 is 0 Å². The smallest absolute Gasteiger partial charge is 0.133 e. The Bertz CT molecular complexity index is 1690. The highest BCUT2D eigenvalue weighted by molar-refractivity contribution is 5.78. The maximum absolute atomic E-state index is 9.57. The van der Waals surface area contributed by atoms with Crippen LogP contribution < -0.4 is 4.90 Å². The van der Waals surface area contributed by atoms with E-state index in [-0.39, 0.29) is 0 Å². The number of hydrogen-bond acceptors (Lipinski definition) is 8. The summed E-state index contributed by atoms with van der Waals surface area (Å²) in [5.41, 5.74) is 7.35. The topological polar surface area (TPSA) is 96.0 Å². The molecule has 43 heavy (non-hydrogen) atoms. The molecule has 0 bridgehead atoms. The number of methoxy groups -OCH3 is 1. The molecule has 0 spiro atoms. The fourth-order valence-electron chi connectivity index (χ4n) is 5.44. The molecule has 216 valence electrons. The van der Waals surface area contributed by atoms with Crippen molar-refractivity contribution in [2.24, 2.45) is 0 Å². The molecule has 0 saturated carbocycles. The first-order valence-corrected chi connectivity index (χ1v) is 14.5. The summed E-state index contributed by atoms with van der Waals surface area (Å²) < 4.78 is 7.09. The molecule has 0 atom stereocenters. The summed E-state index contributed by atoms with van der Waals surface area (Å²) in [6.07, 6.45) is 7.99. The van der Waals surface area contributed by atoms with Gasteiger partial charge in [0.25, 0.3) is 0 Å². The number of pyridine rings is 1. The molecule has 6 rings (SSSR count). The van der Waals surface area contributed by atoms with Gasteiger partial charge in [-0.1, -0.05) is 30.3 Å². The molecular formula is C34H34N8O. The van der Waals surface area contributed by atoms with Crippen LogP contribution >= 0.6 is 0 Å². The van der Waals surface area contributed by atoms with Gasteiger partial charge in [-0.3, -0.25) is 14.6 Å². The average Bonchev–Trinajstić information content (AvgIpc) is 3.49. The summed E-state index contributed by atoms with van der Waals surface area (Å²) in [5.74, 6) is 0.747. The summed E-state index contributed by atoms with van der Waals surface area (Å²) >= 11 is 0. The maximum atomic E-state index is 9.57. The highest BCUT2D eigenvalue weighted by Crippen LogP contribution is 2.30. The number of benzene rings is 2. The Morgan fingerprint density at radius 3 is 2.53 bits per heavy atom. The summed E-state index contributed by atoms with van der Waals surface area (Å²) in [4.78, 5) is 18.8. The fourth-order valence-corrected chi connectivity index (χ4v) is 5.44. The van der Waals surface area contributed by atoms with E-state index in [1.165, 1.54) is 5.69 Å². The number of hydrogen-bond donors (Lipinski definition) is 0. The van der Waals surface area contributed by atoms with Crippen molar-refractivity contribution < 1.29 is 4.74 Å². The van der Waals surface area contributed by atoms with Crippen molar-refractivity contribution in [3.8, 4) is 28.6 Å². The summed E-state index contributed by atoms with van der Waals surface area (Å²) in [7, 11) is 1.76. The SMILES string of the molecule is COCCN1CCN(c2ccc(Cc3nccc(-c4cn(Cc5ccccc5C#N)nc4-c4cccnc4)n3)cc2)CC1. The molecule has 9 nitrogen and oxygen atoms in total. The standard InChI is InChI=1S/C34H34N8O/c1-43-20-19-40-15-17-41(18-16-40)30-10-8-26(9-11-30)21-33-37-14-12-32(38-33)31-25-42(24-29-6-3-2-5-27(29)22-35)39-34(31)28-7-4-13-36-23-28/h2-14,23,25H,15-21,24H2,1H3. The van der Waals surface area contributed by atoms with Gasteiger partial charge in [-0.05, 0) is 47.5 Å². The Hall–Kier alpha value is -4.91.